The fourth-order valence-corrected chi connectivity index (χ4v) is 2.33. The van der Waals surface area contributed by atoms with Gasteiger partial charge < -0.3 is 10.5 Å². The minimum absolute atomic E-state index is 0.0183. The van der Waals surface area contributed by atoms with Crippen molar-refractivity contribution in [2.75, 3.05) is 6.54 Å². The van der Waals surface area contributed by atoms with Gasteiger partial charge in [0, 0.05) is 13.1 Å². The number of nitrogens with two attached hydrogens (primary N) is 1. The Morgan fingerprint density at radius 3 is 2.58 bits per heavy atom. The van der Waals surface area contributed by atoms with Crippen LogP contribution in [0.3, 0.4) is 0 Å². The highest BCUT2D eigenvalue weighted by molar-refractivity contribution is 5.69. The molecule has 0 fully saturated rings. The molecule has 1 atom stereocenters. The first kappa shape index (κ1) is 13.9. The quantitative estimate of drug-likeness (QED) is 0.845. The van der Waals surface area contributed by atoms with Gasteiger partial charge >= 0.3 is 6.09 Å². The lowest BCUT2D eigenvalue weighted by molar-refractivity contribution is 0.0128. The first-order valence-electron chi connectivity index (χ1n) is 6.67. The smallest absolute Gasteiger partial charge is 0.410 e. The third-order valence-corrected chi connectivity index (χ3v) is 3.26. The molecule has 1 amide bonds. The van der Waals surface area contributed by atoms with Crippen LogP contribution in [-0.2, 0) is 17.7 Å². The predicted octanol–water partition coefficient (Wildman–Crippen LogP) is 2.31. The number of hydrogen-bond donors (Lipinski definition) is 1. The van der Waals surface area contributed by atoms with Crippen molar-refractivity contribution in [2.45, 2.75) is 45.4 Å². The number of nitrogens with zero attached hydrogens (tertiary/aromatic N) is 1. The number of carbonyl (C=O) groups is 1. The summed E-state index contributed by atoms with van der Waals surface area (Å²) in [6, 6.07) is 8.19. The highest BCUT2D eigenvalue weighted by atomic mass is 16.6. The minimum Gasteiger partial charge on any atom is -0.444 e. The van der Waals surface area contributed by atoms with Crippen molar-refractivity contribution >= 4 is 6.09 Å². The van der Waals surface area contributed by atoms with Crippen LogP contribution in [0.2, 0.25) is 0 Å². The molecule has 0 saturated heterocycles. The number of ether oxygens (including phenoxy) is 1. The second-order valence-electron chi connectivity index (χ2n) is 5.97. The summed E-state index contributed by atoms with van der Waals surface area (Å²) < 4.78 is 5.46. The summed E-state index contributed by atoms with van der Waals surface area (Å²) in [7, 11) is 0. The van der Waals surface area contributed by atoms with Crippen LogP contribution in [-0.4, -0.2) is 29.2 Å². The van der Waals surface area contributed by atoms with Crippen LogP contribution < -0.4 is 5.73 Å². The Balaban J connectivity index is 2.19. The van der Waals surface area contributed by atoms with Crippen LogP contribution in [0.15, 0.2) is 24.3 Å². The van der Waals surface area contributed by atoms with Crippen LogP contribution in [0, 0.1) is 0 Å². The maximum Gasteiger partial charge on any atom is 0.410 e. The molecule has 2 rings (SSSR count). The van der Waals surface area contributed by atoms with Crippen molar-refractivity contribution in [2.24, 2.45) is 5.73 Å². The van der Waals surface area contributed by atoms with Crippen LogP contribution in [0.1, 0.15) is 31.9 Å². The second kappa shape index (κ2) is 5.21. The van der Waals surface area contributed by atoms with E-state index < -0.39 is 5.60 Å². The van der Waals surface area contributed by atoms with Crippen LogP contribution >= 0.6 is 0 Å². The Morgan fingerprint density at radius 1 is 1.37 bits per heavy atom. The SMILES string of the molecule is CC(C)(C)OC(=O)N1Cc2ccccc2C[C@@H]1CN. The Hall–Kier alpha value is -1.55. The maximum atomic E-state index is 12.2. The van der Waals surface area contributed by atoms with E-state index >= 15 is 0 Å². The molecule has 1 aromatic carbocycles. The minimum atomic E-state index is -0.479. The fraction of sp³-hybridized carbons (Fsp3) is 0.533. The van der Waals surface area contributed by atoms with Crippen molar-refractivity contribution in [3.8, 4) is 0 Å². The van der Waals surface area contributed by atoms with Crippen molar-refractivity contribution in [3.63, 3.8) is 0 Å². The molecule has 0 aliphatic carbocycles. The van der Waals surface area contributed by atoms with E-state index in [0.29, 0.717) is 13.1 Å². The van der Waals surface area contributed by atoms with E-state index in [1.807, 2.05) is 32.9 Å². The highest BCUT2D eigenvalue weighted by Crippen LogP contribution is 2.24. The van der Waals surface area contributed by atoms with Crippen LogP contribution in [0.5, 0.6) is 0 Å². The van der Waals surface area contributed by atoms with Crippen LogP contribution in [0.4, 0.5) is 4.79 Å². The zero-order valence-corrected chi connectivity index (χ0v) is 11.8. The Morgan fingerprint density at radius 2 is 2.00 bits per heavy atom. The molecule has 1 aliphatic heterocycles. The number of amides is 1. The van der Waals surface area contributed by atoms with Gasteiger partial charge in [0.15, 0.2) is 0 Å². The summed E-state index contributed by atoms with van der Waals surface area (Å²) >= 11 is 0. The molecule has 4 heteroatoms. The molecule has 0 saturated carbocycles. The van der Waals surface area contributed by atoms with E-state index in [1.165, 1.54) is 11.1 Å². The molecule has 1 aliphatic rings. The fourth-order valence-electron chi connectivity index (χ4n) is 2.33. The molecule has 0 unspecified atom stereocenters. The normalized spacial score (nSPS) is 18.9. The lowest BCUT2D eigenvalue weighted by Gasteiger charge is -2.37. The van der Waals surface area contributed by atoms with Gasteiger partial charge in [0.1, 0.15) is 5.60 Å². The molecule has 104 valence electrons. The van der Waals surface area contributed by atoms with Crippen molar-refractivity contribution in [1.82, 2.24) is 4.90 Å². The predicted molar refractivity (Wildman–Crippen MR) is 74.8 cm³/mol. The van der Waals surface area contributed by atoms with Gasteiger partial charge in [-0.05, 0) is 38.3 Å². The van der Waals surface area contributed by atoms with Gasteiger partial charge in [-0.1, -0.05) is 24.3 Å². The van der Waals surface area contributed by atoms with Gasteiger partial charge in [-0.25, -0.2) is 4.79 Å². The van der Waals surface area contributed by atoms with Crippen LogP contribution in [0.25, 0.3) is 0 Å². The summed E-state index contributed by atoms with van der Waals surface area (Å²) in [6.07, 6.45) is 0.517. The average molecular weight is 262 g/mol. The molecular weight excluding hydrogens is 240 g/mol. The molecule has 0 bridgehead atoms. The molecule has 2 N–H and O–H groups in total. The molecule has 0 spiro atoms. The molecule has 1 aromatic rings. The van der Waals surface area contributed by atoms with Crippen molar-refractivity contribution in [3.05, 3.63) is 35.4 Å². The van der Waals surface area contributed by atoms with E-state index in [4.69, 9.17) is 10.5 Å². The first-order chi connectivity index (χ1) is 8.90. The first-order valence-corrected chi connectivity index (χ1v) is 6.67. The van der Waals surface area contributed by atoms with Crippen molar-refractivity contribution < 1.29 is 9.53 Å². The molecule has 1 heterocycles. The third-order valence-electron chi connectivity index (χ3n) is 3.26. The monoisotopic (exact) mass is 262 g/mol. The van der Waals surface area contributed by atoms with Crippen molar-refractivity contribution in [1.29, 1.82) is 0 Å². The number of benzene rings is 1. The molecule has 0 aromatic heterocycles. The summed E-state index contributed by atoms with van der Waals surface area (Å²) in [5.41, 5.74) is 7.78. The summed E-state index contributed by atoms with van der Waals surface area (Å²) in [4.78, 5) is 14.0. The maximum absolute atomic E-state index is 12.2. The standard InChI is InChI=1S/C15H22N2O2/c1-15(2,3)19-14(18)17-10-12-7-5-4-6-11(12)8-13(17)9-16/h4-7,13H,8-10,16H2,1-3H3/t13-/m1/s1. The highest BCUT2D eigenvalue weighted by Gasteiger charge is 2.31. The summed E-state index contributed by atoms with van der Waals surface area (Å²) in [6.45, 7) is 6.65. The number of fused-ring (bicyclic) bond motifs is 1. The second-order valence-corrected chi connectivity index (χ2v) is 5.97. The number of carbonyl (C=O) groups excluding carboxylic acids is 1. The molecular formula is C15H22N2O2. The zero-order valence-electron chi connectivity index (χ0n) is 11.8. The lowest BCUT2D eigenvalue weighted by atomic mass is 9.94. The number of rotatable bonds is 1. The third kappa shape index (κ3) is 3.26. The number of hydrogen-bond acceptors (Lipinski definition) is 3. The van der Waals surface area contributed by atoms with E-state index in [9.17, 15) is 4.79 Å². The Bertz CT molecular complexity index is 465. The van der Waals surface area contributed by atoms with Gasteiger partial charge in [0.2, 0.25) is 0 Å². The summed E-state index contributed by atoms with van der Waals surface area (Å²) in [5, 5.41) is 0. The topological polar surface area (TPSA) is 55.6 Å². The van der Waals surface area contributed by atoms with E-state index in [-0.39, 0.29) is 12.1 Å². The van der Waals surface area contributed by atoms with E-state index in [1.54, 1.807) is 4.90 Å². The Labute approximate surface area is 114 Å². The van der Waals surface area contributed by atoms with E-state index in [0.717, 1.165) is 6.42 Å². The lowest BCUT2D eigenvalue weighted by Crippen LogP contribution is -2.49. The molecule has 19 heavy (non-hydrogen) atoms. The van der Waals surface area contributed by atoms with Gasteiger partial charge in [-0.2, -0.15) is 0 Å². The van der Waals surface area contributed by atoms with Gasteiger partial charge in [-0.3, -0.25) is 4.90 Å². The largest absolute Gasteiger partial charge is 0.444 e. The van der Waals surface area contributed by atoms with E-state index in [2.05, 4.69) is 12.1 Å². The molecule has 4 nitrogen and oxygen atoms in total. The van der Waals surface area contributed by atoms with Gasteiger partial charge in [0.25, 0.3) is 0 Å². The Kier molecular flexibility index (Phi) is 3.80. The summed E-state index contributed by atoms with van der Waals surface area (Å²) in [5.74, 6) is 0. The van der Waals surface area contributed by atoms with Gasteiger partial charge in [-0.15, -0.1) is 0 Å². The zero-order chi connectivity index (χ0) is 14.0. The average Bonchev–Trinajstić information content (AvgIpc) is 2.35. The molecule has 0 radical (unpaired) electrons. The van der Waals surface area contributed by atoms with Gasteiger partial charge in [0.05, 0.1) is 6.04 Å².